The topological polar surface area (TPSA) is 191 Å². The van der Waals surface area contributed by atoms with Gasteiger partial charge in [0.1, 0.15) is 6.10 Å². The van der Waals surface area contributed by atoms with E-state index in [1.165, 1.54) is 31.4 Å². The van der Waals surface area contributed by atoms with Crippen LogP contribution in [-0.4, -0.2) is 80.1 Å². The van der Waals surface area contributed by atoms with Gasteiger partial charge < -0.3 is 40.1 Å². The summed E-state index contributed by atoms with van der Waals surface area (Å²) in [5.74, 6) is -5.08. The molecule has 0 unspecified atom stereocenters. The van der Waals surface area contributed by atoms with Crippen molar-refractivity contribution in [3.05, 3.63) is 29.8 Å². The van der Waals surface area contributed by atoms with Crippen LogP contribution in [0.15, 0.2) is 24.3 Å². The Morgan fingerprint density at radius 3 is 2.15 bits per heavy atom. The largest absolute Gasteiger partial charge is 0.504 e. The van der Waals surface area contributed by atoms with Crippen molar-refractivity contribution >= 4 is 24.0 Å². The number of phenols is 1. The highest BCUT2D eigenvalue weighted by molar-refractivity contribution is 5.88. The van der Waals surface area contributed by atoms with E-state index in [1.54, 1.807) is 0 Å². The first kappa shape index (κ1) is 21.9. The summed E-state index contributed by atoms with van der Waals surface area (Å²) in [5.41, 5.74) is 0.378. The van der Waals surface area contributed by atoms with Gasteiger partial charge in [0.05, 0.1) is 7.11 Å². The molecule has 0 saturated heterocycles. The molecular weight excluding hydrogens is 368 g/mol. The molecule has 1 aromatic rings. The summed E-state index contributed by atoms with van der Waals surface area (Å²) in [4.78, 5) is 33.4. The number of esters is 1. The number of carboxylic acid groups (broad SMARTS) is 2. The van der Waals surface area contributed by atoms with E-state index in [1.807, 2.05) is 0 Å². The molecule has 11 heteroatoms. The number of aliphatic hydroxyl groups excluding tert-OH is 3. The Labute approximate surface area is 152 Å². The predicted molar refractivity (Wildman–Crippen MR) is 86.9 cm³/mol. The number of carbonyl (C=O) groups excluding carboxylic acids is 1. The standard InChI is InChI=1S/C16H18O11/c1-26-9-6-7(2-4-8(9)17)3-5-10(18)27-14(13(21)16(24)25)11(19)12(20)15(22)23/h2-6,11-14,17,19-21H,1H3,(H,22,23)(H,24,25)/b5-3-/t11-,12+,13-,14+/m1/s1. The zero-order chi connectivity index (χ0) is 20.7. The van der Waals surface area contributed by atoms with Crippen LogP contribution < -0.4 is 4.74 Å². The highest BCUT2D eigenvalue weighted by Gasteiger charge is 2.41. The number of hydrogen-bond acceptors (Lipinski definition) is 9. The number of methoxy groups -OCH3 is 1. The summed E-state index contributed by atoms with van der Waals surface area (Å²) in [6.45, 7) is 0. The Morgan fingerprint density at radius 1 is 1.04 bits per heavy atom. The van der Waals surface area contributed by atoms with Crippen LogP contribution in [0, 0.1) is 0 Å². The SMILES string of the molecule is COc1cc(/C=C\C(=O)O[C@@H]([C@H](O)[C@H](O)C(=O)O)[C@@H](O)C(=O)O)ccc1O. The molecule has 1 rings (SSSR count). The Morgan fingerprint density at radius 2 is 1.63 bits per heavy atom. The van der Waals surface area contributed by atoms with E-state index < -0.39 is 42.3 Å². The minimum Gasteiger partial charge on any atom is -0.504 e. The van der Waals surface area contributed by atoms with Gasteiger partial charge in [0, 0.05) is 6.08 Å². The Kier molecular flexibility index (Phi) is 7.72. The average Bonchev–Trinajstić information content (AvgIpc) is 2.63. The maximum atomic E-state index is 11.8. The molecule has 11 nitrogen and oxygen atoms in total. The minimum atomic E-state index is -2.50. The fraction of sp³-hybridized carbons (Fsp3) is 0.312. The number of ether oxygens (including phenoxy) is 2. The van der Waals surface area contributed by atoms with E-state index in [0.717, 1.165) is 6.08 Å². The van der Waals surface area contributed by atoms with E-state index in [2.05, 4.69) is 4.74 Å². The molecule has 0 heterocycles. The first-order chi connectivity index (χ1) is 12.6. The first-order valence-electron chi connectivity index (χ1n) is 7.34. The monoisotopic (exact) mass is 386 g/mol. The number of aliphatic carboxylic acids is 2. The Balaban J connectivity index is 2.95. The quantitative estimate of drug-likeness (QED) is 0.215. The zero-order valence-electron chi connectivity index (χ0n) is 13.9. The van der Waals surface area contributed by atoms with E-state index in [4.69, 9.17) is 14.9 Å². The van der Waals surface area contributed by atoms with E-state index in [9.17, 15) is 34.8 Å². The number of benzene rings is 1. The lowest BCUT2D eigenvalue weighted by Crippen LogP contribution is -2.52. The van der Waals surface area contributed by atoms with E-state index >= 15 is 0 Å². The molecule has 0 radical (unpaired) electrons. The molecule has 0 aliphatic heterocycles. The number of aliphatic hydroxyl groups is 3. The molecule has 0 saturated carbocycles. The fourth-order valence-corrected chi connectivity index (χ4v) is 1.92. The second-order valence-electron chi connectivity index (χ2n) is 5.22. The second kappa shape index (κ2) is 9.52. The highest BCUT2D eigenvalue weighted by atomic mass is 16.6. The molecule has 6 N–H and O–H groups in total. The number of carbonyl (C=O) groups is 3. The van der Waals surface area contributed by atoms with Gasteiger partial charge in [0.2, 0.25) is 0 Å². The van der Waals surface area contributed by atoms with Crippen LogP contribution in [0.4, 0.5) is 0 Å². The van der Waals surface area contributed by atoms with E-state index in [-0.39, 0.29) is 11.5 Å². The van der Waals surface area contributed by atoms with Gasteiger partial charge in [-0.15, -0.1) is 0 Å². The molecule has 1 aromatic carbocycles. The Bertz CT molecular complexity index is 727. The summed E-state index contributed by atoms with van der Waals surface area (Å²) >= 11 is 0. The summed E-state index contributed by atoms with van der Waals surface area (Å²) < 4.78 is 9.48. The van der Waals surface area contributed by atoms with Crippen molar-refractivity contribution < 1.29 is 54.5 Å². The third kappa shape index (κ3) is 5.95. The number of phenolic OH excluding ortho intramolecular Hbond substituents is 1. The maximum Gasteiger partial charge on any atom is 0.336 e. The summed E-state index contributed by atoms with van der Waals surface area (Å²) in [5, 5.41) is 55.4. The minimum absolute atomic E-state index is 0.115. The molecule has 27 heavy (non-hydrogen) atoms. The summed E-state index contributed by atoms with van der Waals surface area (Å²) in [7, 11) is 1.31. The van der Waals surface area contributed by atoms with Crippen molar-refractivity contribution in [1.82, 2.24) is 0 Å². The molecule has 4 atom stereocenters. The summed E-state index contributed by atoms with van der Waals surface area (Å²) in [6, 6.07) is 4.06. The third-order valence-corrected chi connectivity index (χ3v) is 3.35. The highest BCUT2D eigenvalue weighted by Crippen LogP contribution is 2.26. The smallest absolute Gasteiger partial charge is 0.336 e. The van der Waals surface area contributed by atoms with Crippen LogP contribution >= 0.6 is 0 Å². The van der Waals surface area contributed by atoms with Gasteiger partial charge in [-0.2, -0.15) is 0 Å². The van der Waals surface area contributed by atoms with Crippen LogP contribution in [0.2, 0.25) is 0 Å². The van der Waals surface area contributed by atoms with Crippen LogP contribution in [0.3, 0.4) is 0 Å². The van der Waals surface area contributed by atoms with Gasteiger partial charge in [0.15, 0.2) is 29.8 Å². The van der Waals surface area contributed by atoms with Gasteiger partial charge in [0.25, 0.3) is 0 Å². The van der Waals surface area contributed by atoms with E-state index in [0.29, 0.717) is 5.56 Å². The Hall–Kier alpha value is -3.15. The van der Waals surface area contributed by atoms with Crippen LogP contribution in [0.5, 0.6) is 11.5 Å². The lowest BCUT2D eigenvalue weighted by atomic mass is 10.0. The predicted octanol–water partition coefficient (Wildman–Crippen LogP) is -1.42. The second-order valence-corrected chi connectivity index (χ2v) is 5.22. The van der Waals surface area contributed by atoms with Gasteiger partial charge >= 0.3 is 17.9 Å². The number of aromatic hydroxyl groups is 1. The van der Waals surface area contributed by atoms with Crippen molar-refractivity contribution in [2.75, 3.05) is 7.11 Å². The molecule has 0 fully saturated rings. The van der Waals surface area contributed by atoms with Crippen LogP contribution in [0.25, 0.3) is 6.08 Å². The molecule has 0 amide bonds. The van der Waals surface area contributed by atoms with Crippen LogP contribution in [-0.2, 0) is 19.1 Å². The molecule has 0 aromatic heterocycles. The molecule has 0 aliphatic carbocycles. The number of hydrogen-bond donors (Lipinski definition) is 6. The van der Waals surface area contributed by atoms with Gasteiger partial charge in [-0.1, -0.05) is 6.07 Å². The lowest BCUT2D eigenvalue weighted by molar-refractivity contribution is -0.184. The summed E-state index contributed by atoms with van der Waals surface area (Å²) in [6.07, 6.45) is -7.65. The number of rotatable bonds is 9. The number of carboxylic acids is 2. The molecule has 0 spiro atoms. The average molecular weight is 386 g/mol. The van der Waals surface area contributed by atoms with Crippen molar-refractivity contribution in [2.24, 2.45) is 0 Å². The lowest BCUT2D eigenvalue weighted by Gasteiger charge is -2.26. The molecule has 0 bridgehead atoms. The van der Waals surface area contributed by atoms with Crippen LogP contribution in [0.1, 0.15) is 5.56 Å². The van der Waals surface area contributed by atoms with Crippen molar-refractivity contribution in [1.29, 1.82) is 0 Å². The maximum absolute atomic E-state index is 11.8. The molecule has 0 aliphatic rings. The van der Waals surface area contributed by atoms with Crippen molar-refractivity contribution in [3.8, 4) is 11.5 Å². The van der Waals surface area contributed by atoms with Gasteiger partial charge in [-0.25, -0.2) is 14.4 Å². The van der Waals surface area contributed by atoms with Crippen molar-refractivity contribution in [3.63, 3.8) is 0 Å². The molecule has 148 valence electrons. The van der Waals surface area contributed by atoms with Gasteiger partial charge in [-0.05, 0) is 23.8 Å². The normalized spacial score (nSPS) is 15.6. The van der Waals surface area contributed by atoms with Gasteiger partial charge in [-0.3, -0.25) is 0 Å². The van der Waals surface area contributed by atoms with Crippen molar-refractivity contribution in [2.45, 2.75) is 24.4 Å². The fourth-order valence-electron chi connectivity index (χ4n) is 1.92. The zero-order valence-corrected chi connectivity index (χ0v) is 13.9. The molecular formula is C16H18O11. The first-order valence-corrected chi connectivity index (χ1v) is 7.34. The third-order valence-electron chi connectivity index (χ3n) is 3.35.